The van der Waals surface area contributed by atoms with E-state index in [-0.39, 0.29) is 0 Å². The Hall–Kier alpha value is -0.500. The fourth-order valence-electron chi connectivity index (χ4n) is 0.183. The Morgan fingerprint density at radius 3 is 2.75 bits per heavy atom. The summed E-state index contributed by atoms with van der Waals surface area (Å²) in [5.41, 5.74) is 0. The summed E-state index contributed by atoms with van der Waals surface area (Å²) in [5, 5.41) is 1.82. The molecule has 0 rings (SSSR count). The first-order chi connectivity index (χ1) is 3.81. The summed E-state index contributed by atoms with van der Waals surface area (Å²) in [6.07, 6.45) is 2.60. The maximum atomic E-state index is 9.86. The quantitative estimate of drug-likeness (QED) is 0.427. The van der Waals surface area contributed by atoms with Crippen molar-refractivity contribution in [3.05, 3.63) is 23.0 Å². The van der Waals surface area contributed by atoms with E-state index >= 15 is 0 Å². The Morgan fingerprint density at radius 1 is 1.75 bits per heavy atom. The van der Waals surface area contributed by atoms with Crippen LogP contribution < -0.4 is 0 Å². The van der Waals surface area contributed by atoms with Crippen LogP contribution in [0.25, 0.3) is 0 Å². The first-order valence-corrected chi connectivity index (χ1v) is 3.11. The number of carbonyl (C=O) groups is 1. The van der Waals surface area contributed by atoms with Gasteiger partial charge in [-0.1, -0.05) is 24.4 Å². The predicted octanol–water partition coefficient (Wildman–Crippen LogP) is 1.97. The fraction of sp³-hybridized carbons (Fsp3) is 0.167. The van der Waals surface area contributed by atoms with Crippen molar-refractivity contribution in [2.24, 2.45) is 0 Å². The molecule has 0 saturated carbocycles. The first kappa shape index (κ1) is 7.50. The third kappa shape index (κ3) is 3.68. The molecule has 1 nitrogen and oxygen atoms in total. The number of aldehydes is 1. The van der Waals surface area contributed by atoms with Gasteiger partial charge in [0.15, 0.2) is 6.29 Å². The van der Waals surface area contributed by atoms with E-state index in [4.69, 9.17) is 0 Å². The smallest absolute Gasteiger partial charge is 0.156 e. The lowest BCUT2D eigenvalue weighted by Crippen LogP contribution is -1.67. The molecule has 0 N–H and O–H groups in total. The molecule has 0 aromatic carbocycles. The Bertz CT molecular complexity index is 116. The molecule has 0 heterocycles. The SMILES string of the molecule is C=C(C=O)S/C=C\C. The highest BCUT2D eigenvalue weighted by molar-refractivity contribution is 8.06. The van der Waals surface area contributed by atoms with E-state index in [2.05, 4.69) is 6.58 Å². The van der Waals surface area contributed by atoms with E-state index in [1.54, 1.807) is 0 Å². The van der Waals surface area contributed by atoms with Crippen molar-refractivity contribution in [3.63, 3.8) is 0 Å². The number of thioether (sulfide) groups is 1. The van der Waals surface area contributed by atoms with Crippen LogP contribution >= 0.6 is 11.8 Å². The van der Waals surface area contributed by atoms with Crippen molar-refractivity contribution < 1.29 is 4.79 Å². The van der Waals surface area contributed by atoms with Crippen LogP contribution in [0.1, 0.15) is 6.92 Å². The van der Waals surface area contributed by atoms with Crippen molar-refractivity contribution in [2.45, 2.75) is 6.92 Å². The lowest BCUT2D eigenvalue weighted by atomic mass is 10.7. The van der Waals surface area contributed by atoms with Gasteiger partial charge in [0.25, 0.3) is 0 Å². The van der Waals surface area contributed by atoms with Gasteiger partial charge in [0.1, 0.15) is 0 Å². The maximum absolute atomic E-state index is 9.86. The summed E-state index contributed by atoms with van der Waals surface area (Å²) in [6, 6.07) is 0. The number of carbonyl (C=O) groups excluding carboxylic acids is 1. The zero-order valence-corrected chi connectivity index (χ0v) is 5.57. The van der Waals surface area contributed by atoms with Gasteiger partial charge in [0, 0.05) is 4.91 Å². The third-order valence-electron chi connectivity index (χ3n) is 0.487. The summed E-state index contributed by atoms with van der Waals surface area (Å²) in [7, 11) is 0. The highest BCUT2D eigenvalue weighted by atomic mass is 32.2. The molecule has 0 saturated heterocycles. The van der Waals surface area contributed by atoms with Crippen molar-refractivity contribution in [1.82, 2.24) is 0 Å². The Balaban J connectivity index is 3.39. The Kier molecular flexibility index (Phi) is 4.36. The molecular formula is C6H8OS. The largest absolute Gasteiger partial charge is 0.297 e. The van der Waals surface area contributed by atoms with E-state index in [0.29, 0.717) is 4.91 Å². The van der Waals surface area contributed by atoms with Crippen molar-refractivity contribution in [3.8, 4) is 0 Å². The van der Waals surface area contributed by atoms with Gasteiger partial charge in [0.2, 0.25) is 0 Å². The van der Waals surface area contributed by atoms with Crippen LogP contribution in [0.3, 0.4) is 0 Å². The number of rotatable bonds is 3. The van der Waals surface area contributed by atoms with Crippen LogP contribution in [0.5, 0.6) is 0 Å². The van der Waals surface area contributed by atoms with Crippen LogP contribution in [-0.2, 0) is 4.79 Å². The summed E-state index contributed by atoms with van der Waals surface area (Å²) in [4.78, 5) is 10.4. The van der Waals surface area contributed by atoms with E-state index < -0.39 is 0 Å². The second-order valence-corrected chi connectivity index (χ2v) is 2.20. The molecule has 0 fully saturated rings. The van der Waals surface area contributed by atoms with Gasteiger partial charge < -0.3 is 0 Å². The van der Waals surface area contributed by atoms with Gasteiger partial charge in [0.05, 0.1) is 0 Å². The summed E-state index contributed by atoms with van der Waals surface area (Å²) < 4.78 is 0. The van der Waals surface area contributed by atoms with E-state index in [1.165, 1.54) is 11.8 Å². The molecule has 0 aliphatic rings. The number of hydrogen-bond donors (Lipinski definition) is 0. The van der Waals surface area contributed by atoms with Crippen LogP contribution in [0, 0.1) is 0 Å². The maximum Gasteiger partial charge on any atom is 0.156 e. The summed E-state index contributed by atoms with van der Waals surface area (Å²) in [6.45, 7) is 5.35. The molecule has 0 radical (unpaired) electrons. The average Bonchev–Trinajstić information content (AvgIpc) is 1.83. The zero-order chi connectivity index (χ0) is 6.41. The monoisotopic (exact) mass is 128 g/mol. The third-order valence-corrected chi connectivity index (χ3v) is 1.29. The summed E-state index contributed by atoms with van der Waals surface area (Å²) in [5.74, 6) is 0. The van der Waals surface area contributed by atoms with Gasteiger partial charge in [-0.25, -0.2) is 0 Å². The minimum Gasteiger partial charge on any atom is -0.297 e. The zero-order valence-electron chi connectivity index (χ0n) is 4.76. The molecule has 8 heavy (non-hydrogen) atoms. The molecule has 0 aromatic heterocycles. The second-order valence-electron chi connectivity index (χ2n) is 1.17. The number of allylic oxidation sites excluding steroid dienone is 2. The first-order valence-electron chi connectivity index (χ1n) is 2.23. The van der Waals surface area contributed by atoms with Gasteiger partial charge in [-0.3, -0.25) is 4.79 Å². The molecule has 0 amide bonds. The molecular weight excluding hydrogens is 120 g/mol. The summed E-state index contributed by atoms with van der Waals surface area (Å²) >= 11 is 1.33. The normalized spacial score (nSPS) is 9.62. The highest BCUT2D eigenvalue weighted by Crippen LogP contribution is 2.10. The van der Waals surface area contributed by atoms with Crippen molar-refractivity contribution in [2.75, 3.05) is 0 Å². The molecule has 44 valence electrons. The lowest BCUT2D eigenvalue weighted by molar-refractivity contribution is -0.104. The van der Waals surface area contributed by atoms with Crippen LogP contribution in [0.4, 0.5) is 0 Å². The Morgan fingerprint density at radius 2 is 2.38 bits per heavy atom. The Labute approximate surface area is 53.5 Å². The average molecular weight is 128 g/mol. The van der Waals surface area contributed by atoms with Crippen molar-refractivity contribution >= 4 is 18.0 Å². The standard InChI is InChI=1S/C6H8OS/c1-3-4-8-6(2)5-7/h3-5H,2H2,1H3/b4-3-. The minimum atomic E-state index is 0.545. The van der Waals surface area contributed by atoms with E-state index in [1.807, 2.05) is 18.4 Å². The van der Waals surface area contributed by atoms with E-state index in [0.717, 1.165) is 6.29 Å². The second kappa shape index (κ2) is 4.65. The molecule has 0 aromatic rings. The molecule has 0 aliphatic heterocycles. The van der Waals surface area contributed by atoms with Gasteiger partial charge in [-0.05, 0) is 12.3 Å². The minimum absolute atomic E-state index is 0.545. The lowest BCUT2D eigenvalue weighted by Gasteiger charge is -1.83. The van der Waals surface area contributed by atoms with Gasteiger partial charge >= 0.3 is 0 Å². The molecule has 2 heteroatoms. The molecule has 0 atom stereocenters. The van der Waals surface area contributed by atoms with E-state index in [9.17, 15) is 4.79 Å². The molecule has 0 spiro atoms. The van der Waals surface area contributed by atoms with Gasteiger partial charge in [-0.2, -0.15) is 0 Å². The van der Waals surface area contributed by atoms with Crippen molar-refractivity contribution in [1.29, 1.82) is 0 Å². The molecule has 0 unspecified atom stereocenters. The predicted molar refractivity (Wildman–Crippen MR) is 37.6 cm³/mol. The van der Waals surface area contributed by atoms with Crippen LogP contribution in [0.15, 0.2) is 23.0 Å². The molecule has 0 bridgehead atoms. The number of hydrogen-bond acceptors (Lipinski definition) is 2. The topological polar surface area (TPSA) is 17.1 Å². The molecule has 0 aliphatic carbocycles. The fourth-order valence-corrected chi connectivity index (χ4v) is 0.550. The van der Waals surface area contributed by atoms with Gasteiger partial charge in [-0.15, -0.1) is 0 Å². The van der Waals surface area contributed by atoms with Crippen LogP contribution in [0.2, 0.25) is 0 Å². The van der Waals surface area contributed by atoms with Crippen LogP contribution in [-0.4, -0.2) is 6.29 Å². The highest BCUT2D eigenvalue weighted by Gasteiger charge is 1.82.